The summed E-state index contributed by atoms with van der Waals surface area (Å²) in [5.41, 5.74) is 1.40. The monoisotopic (exact) mass is 366 g/mol. The Kier molecular flexibility index (Phi) is 9.19. The van der Waals surface area contributed by atoms with Crippen molar-refractivity contribution in [2.75, 3.05) is 6.61 Å². The molecular formula is C19H31ClN4O. The van der Waals surface area contributed by atoms with Crippen molar-refractivity contribution in [1.29, 1.82) is 0 Å². The number of nitrogens with zero attached hydrogens (tertiary/aromatic N) is 4. The molecule has 0 aliphatic carbocycles. The van der Waals surface area contributed by atoms with Crippen molar-refractivity contribution in [2.45, 2.75) is 83.6 Å². The van der Waals surface area contributed by atoms with Crippen molar-refractivity contribution in [3.63, 3.8) is 0 Å². The molecule has 2 aromatic rings. The third-order valence-corrected chi connectivity index (χ3v) is 5.09. The third-order valence-electron chi connectivity index (χ3n) is 4.81. The molecule has 0 saturated heterocycles. The molecule has 1 unspecified atom stereocenters. The number of rotatable bonds is 13. The molecular weight excluding hydrogens is 336 g/mol. The van der Waals surface area contributed by atoms with E-state index in [1.807, 2.05) is 4.57 Å². The van der Waals surface area contributed by atoms with Crippen molar-refractivity contribution >= 4 is 22.8 Å². The molecule has 0 aromatic carbocycles. The number of unbranched alkanes of at least 4 members (excludes halogenated alkanes) is 8. The zero-order chi connectivity index (χ0) is 17.9. The average molecular weight is 367 g/mol. The lowest BCUT2D eigenvalue weighted by atomic mass is 10.0. The number of hydrogen-bond acceptors (Lipinski definition) is 4. The highest BCUT2D eigenvalue weighted by atomic mass is 35.5. The molecule has 0 radical (unpaired) electrons. The predicted molar refractivity (Wildman–Crippen MR) is 103 cm³/mol. The van der Waals surface area contributed by atoms with E-state index in [0.717, 1.165) is 18.5 Å². The summed E-state index contributed by atoms with van der Waals surface area (Å²) in [5.74, 6) is 0. The van der Waals surface area contributed by atoms with E-state index in [1.54, 1.807) is 6.33 Å². The van der Waals surface area contributed by atoms with Crippen LogP contribution in [0.4, 0.5) is 0 Å². The zero-order valence-corrected chi connectivity index (χ0v) is 16.1. The van der Waals surface area contributed by atoms with Gasteiger partial charge in [0.15, 0.2) is 10.8 Å². The SMILES string of the molecule is CCCCCCCCCCCC(CCO)n1cnc2c(Cl)ncnc21. The summed E-state index contributed by atoms with van der Waals surface area (Å²) >= 11 is 6.08. The number of hydrogen-bond donors (Lipinski definition) is 1. The van der Waals surface area contributed by atoms with Crippen molar-refractivity contribution in [2.24, 2.45) is 0 Å². The van der Waals surface area contributed by atoms with Gasteiger partial charge >= 0.3 is 0 Å². The molecule has 5 nitrogen and oxygen atoms in total. The van der Waals surface area contributed by atoms with Gasteiger partial charge in [-0.2, -0.15) is 0 Å². The summed E-state index contributed by atoms with van der Waals surface area (Å²) in [5, 5.41) is 9.80. The molecule has 1 N–H and O–H groups in total. The maximum Gasteiger partial charge on any atom is 0.165 e. The Bertz CT molecular complexity index is 616. The number of aromatic nitrogens is 4. The first-order valence-electron chi connectivity index (χ1n) is 9.71. The van der Waals surface area contributed by atoms with E-state index in [2.05, 4.69) is 21.9 Å². The minimum atomic E-state index is 0.167. The van der Waals surface area contributed by atoms with Crippen LogP contribution < -0.4 is 0 Å². The van der Waals surface area contributed by atoms with Crippen molar-refractivity contribution in [1.82, 2.24) is 19.5 Å². The normalized spacial score (nSPS) is 12.8. The van der Waals surface area contributed by atoms with Gasteiger partial charge in [-0.25, -0.2) is 15.0 Å². The number of aliphatic hydroxyl groups is 1. The molecule has 0 amide bonds. The summed E-state index contributed by atoms with van der Waals surface area (Å²) in [4.78, 5) is 12.6. The second-order valence-electron chi connectivity index (χ2n) is 6.77. The van der Waals surface area contributed by atoms with Gasteiger partial charge in [0, 0.05) is 12.6 Å². The molecule has 0 aliphatic rings. The number of aliphatic hydroxyl groups excluding tert-OH is 1. The highest BCUT2D eigenvalue weighted by molar-refractivity contribution is 6.33. The van der Waals surface area contributed by atoms with Crippen LogP contribution in [0.2, 0.25) is 5.15 Å². The topological polar surface area (TPSA) is 63.8 Å². The van der Waals surface area contributed by atoms with E-state index < -0.39 is 0 Å². The molecule has 1 atom stereocenters. The van der Waals surface area contributed by atoms with Crippen LogP contribution in [0.3, 0.4) is 0 Å². The van der Waals surface area contributed by atoms with Crippen LogP contribution in [0.1, 0.15) is 83.6 Å². The summed E-state index contributed by atoms with van der Waals surface area (Å²) < 4.78 is 2.05. The molecule has 0 spiro atoms. The number of imidazole rings is 1. The Morgan fingerprint density at radius 2 is 1.64 bits per heavy atom. The molecule has 25 heavy (non-hydrogen) atoms. The molecule has 6 heteroatoms. The third kappa shape index (κ3) is 6.23. The molecule has 0 saturated carbocycles. The Balaban J connectivity index is 1.78. The van der Waals surface area contributed by atoms with Gasteiger partial charge in [0.05, 0.1) is 6.33 Å². The Morgan fingerprint density at radius 1 is 0.960 bits per heavy atom. The van der Waals surface area contributed by atoms with Gasteiger partial charge < -0.3 is 9.67 Å². The van der Waals surface area contributed by atoms with Crippen LogP contribution in [0.15, 0.2) is 12.7 Å². The fourth-order valence-corrected chi connectivity index (χ4v) is 3.53. The van der Waals surface area contributed by atoms with Crippen LogP contribution in [-0.4, -0.2) is 31.2 Å². The number of fused-ring (bicyclic) bond motifs is 1. The molecule has 0 fully saturated rings. The molecule has 140 valence electrons. The van der Waals surface area contributed by atoms with E-state index in [1.165, 1.54) is 57.7 Å². The summed E-state index contributed by atoms with van der Waals surface area (Å²) in [6.45, 7) is 2.42. The predicted octanol–water partition coefficient (Wildman–Crippen LogP) is 5.32. The molecule has 2 aromatic heterocycles. The summed E-state index contributed by atoms with van der Waals surface area (Å²) in [6.07, 6.45) is 16.8. The Hall–Kier alpha value is -1.20. The lowest BCUT2D eigenvalue weighted by molar-refractivity contribution is 0.251. The molecule has 0 aliphatic heterocycles. The van der Waals surface area contributed by atoms with Gasteiger partial charge in [-0.05, 0) is 12.8 Å². The maximum absolute atomic E-state index is 9.41. The molecule has 2 heterocycles. The van der Waals surface area contributed by atoms with Gasteiger partial charge in [0.1, 0.15) is 11.8 Å². The zero-order valence-electron chi connectivity index (χ0n) is 15.3. The van der Waals surface area contributed by atoms with Crippen LogP contribution >= 0.6 is 11.6 Å². The standard InChI is InChI=1S/C19H31ClN4O/c1-2-3-4-5-6-7-8-9-10-11-16(12-13-25)24-15-23-17-18(20)21-14-22-19(17)24/h14-16,25H,2-13H2,1H3. The van der Waals surface area contributed by atoms with E-state index in [4.69, 9.17) is 11.6 Å². The van der Waals surface area contributed by atoms with Gasteiger partial charge in [-0.15, -0.1) is 0 Å². The highest BCUT2D eigenvalue weighted by Crippen LogP contribution is 2.26. The average Bonchev–Trinajstić information content (AvgIpc) is 3.05. The van der Waals surface area contributed by atoms with Crippen LogP contribution in [0.25, 0.3) is 11.2 Å². The van der Waals surface area contributed by atoms with Gasteiger partial charge in [-0.1, -0.05) is 76.3 Å². The van der Waals surface area contributed by atoms with Gasteiger partial charge in [-0.3, -0.25) is 0 Å². The minimum absolute atomic E-state index is 0.167. The fourth-order valence-electron chi connectivity index (χ4n) is 3.35. The molecule has 0 bridgehead atoms. The minimum Gasteiger partial charge on any atom is -0.396 e. The summed E-state index contributed by atoms with van der Waals surface area (Å²) in [7, 11) is 0. The van der Waals surface area contributed by atoms with Crippen molar-refractivity contribution in [3.8, 4) is 0 Å². The first kappa shape index (κ1) is 20.1. The summed E-state index contributed by atoms with van der Waals surface area (Å²) in [6, 6.07) is 0.213. The Labute approximate surface area is 155 Å². The van der Waals surface area contributed by atoms with Crippen LogP contribution in [-0.2, 0) is 0 Å². The van der Waals surface area contributed by atoms with Crippen molar-refractivity contribution < 1.29 is 5.11 Å². The molecule has 2 rings (SSSR count). The van der Waals surface area contributed by atoms with E-state index in [9.17, 15) is 5.11 Å². The van der Waals surface area contributed by atoms with Gasteiger partial charge in [0.25, 0.3) is 0 Å². The largest absolute Gasteiger partial charge is 0.396 e. The quantitative estimate of drug-likeness (QED) is 0.384. The van der Waals surface area contributed by atoms with Gasteiger partial charge in [0.2, 0.25) is 0 Å². The number of halogens is 1. The lowest BCUT2D eigenvalue weighted by Crippen LogP contribution is -2.11. The fraction of sp³-hybridized carbons (Fsp3) is 0.737. The van der Waals surface area contributed by atoms with E-state index in [0.29, 0.717) is 17.1 Å². The van der Waals surface area contributed by atoms with Crippen LogP contribution in [0.5, 0.6) is 0 Å². The first-order chi connectivity index (χ1) is 12.3. The Morgan fingerprint density at radius 3 is 2.32 bits per heavy atom. The second kappa shape index (κ2) is 11.4. The van der Waals surface area contributed by atoms with E-state index >= 15 is 0 Å². The lowest BCUT2D eigenvalue weighted by Gasteiger charge is -2.18. The second-order valence-corrected chi connectivity index (χ2v) is 7.13. The first-order valence-corrected chi connectivity index (χ1v) is 10.1. The smallest absolute Gasteiger partial charge is 0.165 e. The maximum atomic E-state index is 9.41. The van der Waals surface area contributed by atoms with Crippen LogP contribution in [0, 0.1) is 0 Å². The van der Waals surface area contributed by atoms with E-state index in [-0.39, 0.29) is 12.6 Å². The highest BCUT2D eigenvalue weighted by Gasteiger charge is 2.16. The van der Waals surface area contributed by atoms with Crippen molar-refractivity contribution in [3.05, 3.63) is 17.8 Å².